The third-order valence-electron chi connectivity index (χ3n) is 4.97. The van der Waals surface area contributed by atoms with E-state index in [9.17, 15) is 23.1 Å². The summed E-state index contributed by atoms with van der Waals surface area (Å²) in [6, 6.07) is -0.972. The summed E-state index contributed by atoms with van der Waals surface area (Å²) in [4.78, 5) is 12.2. The number of hydrogen-bond acceptors (Lipinski definition) is 6. The first kappa shape index (κ1) is 22.2. The molecular formula is C16H30F3N5O3. The number of alkyl halides is 3. The predicted octanol–water partition coefficient (Wildman–Crippen LogP) is -0.0694. The van der Waals surface area contributed by atoms with E-state index in [0.29, 0.717) is 19.3 Å². The highest BCUT2D eigenvalue weighted by molar-refractivity contribution is 5.74. The van der Waals surface area contributed by atoms with E-state index in [1.165, 1.54) is 0 Å². The van der Waals surface area contributed by atoms with Crippen molar-refractivity contribution < 1.29 is 28.2 Å². The van der Waals surface area contributed by atoms with Gasteiger partial charge in [-0.2, -0.15) is 13.2 Å². The lowest BCUT2D eigenvalue weighted by Gasteiger charge is -2.37. The number of carbonyl (C=O) groups excluding carboxylic acids is 1. The number of aliphatic hydroxyl groups excluding tert-OH is 2. The van der Waals surface area contributed by atoms with E-state index in [-0.39, 0.29) is 38.2 Å². The van der Waals surface area contributed by atoms with Crippen LogP contribution in [0.3, 0.4) is 0 Å². The van der Waals surface area contributed by atoms with Gasteiger partial charge in [0.2, 0.25) is 0 Å². The van der Waals surface area contributed by atoms with Gasteiger partial charge in [-0.05, 0) is 32.6 Å². The number of nitrogens with one attached hydrogen (secondary N) is 5. The standard InChI is InChI=1S/C16H30F3N5O3/c1-9-5-13(20-7-12(26)8-25)23-14(21-9)24-15(27)22-11-4-2-3-10(6-11)16(17,18)19/h9-14,20-21,23,25-26H,2-8H2,1H3,(H2,22,24,27). The fraction of sp³-hybridized carbons (Fsp3) is 0.938. The third kappa shape index (κ3) is 7.41. The monoisotopic (exact) mass is 397 g/mol. The number of amides is 2. The maximum absolute atomic E-state index is 12.9. The van der Waals surface area contributed by atoms with E-state index >= 15 is 0 Å². The van der Waals surface area contributed by atoms with Crippen LogP contribution in [0.4, 0.5) is 18.0 Å². The lowest BCUT2D eigenvalue weighted by Crippen LogP contribution is -2.68. The zero-order valence-electron chi connectivity index (χ0n) is 15.4. The minimum atomic E-state index is -4.23. The molecule has 1 saturated heterocycles. The quantitative estimate of drug-likeness (QED) is 0.337. The van der Waals surface area contributed by atoms with Crippen LogP contribution in [0.5, 0.6) is 0 Å². The molecule has 1 saturated carbocycles. The van der Waals surface area contributed by atoms with Crippen LogP contribution in [0.25, 0.3) is 0 Å². The molecule has 1 heterocycles. The summed E-state index contributed by atoms with van der Waals surface area (Å²) in [5.74, 6) is -1.37. The zero-order chi connectivity index (χ0) is 20.0. The van der Waals surface area contributed by atoms with E-state index in [1.54, 1.807) is 0 Å². The van der Waals surface area contributed by atoms with E-state index in [0.717, 1.165) is 0 Å². The molecule has 6 unspecified atom stereocenters. The van der Waals surface area contributed by atoms with Crippen molar-refractivity contribution in [2.75, 3.05) is 13.2 Å². The Morgan fingerprint density at radius 3 is 2.63 bits per heavy atom. The maximum atomic E-state index is 12.9. The van der Waals surface area contributed by atoms with Crippen LogP contribution in [0, 0.1) is 5.92 Å². The minimum Gasteiger partial charge on any atom is -0.394 e. The smallest absolute Gasteiger partial charge is 0.391 e. The van der Waals surface area contributed by atoms with Crippen molar-refractivity contribution in [3.63, 3.8) is 0 Å². The molecule has 7 N–H and O–H groups in total. The topological polar surface area (TPSA) is 118 Å². The van der Waals surface area contributed by atoms with Crippen LogP contribution in [0.1, 0.15) is 39.0 Å². The molecule has 2 aliphatic rings. The van der Waals surface area contributed by atoms with Gasteiger partial charge < -0.3 is 20.8 Å². The summed E-state index contributed by atoms with van der Waals surface area (Å²) in [5, 5.41) is 32.9. The summed E-state index contributed by atoms with van der Waals surface area (Å²) in [5.41, 5.74) is 0. The summed E-state index contributed by atoms with van der Waals surface area (Å²) >= 11 is 0. The Bertz CT molecular complexity index is 483. The highest BCUT2D eigenvalue weighted by Crippen LogP contribution is 2.37. The lowest BCUT2D eigenvalue weighted by molar-refractivity contribution is -0.183. The Kier molecular flexibility index (Phi) is 8.10. The van der Waals surface area contributed by atoms with Gasteiger partial charge in [0.1, 0.15) is 6.29 Å². The molecule has 0 bridgehead atoms. The zero-order valence-corrected chi connectivity index (χ0v) is 15.4. The SMILES string of the molecule is CC1CC(NCC(O)CO)NC(NC(=O)NC2CCCC(C(F)(F)F)C2)N1. The maximum Gasteiger partial charge on any atom is 0.391 e. The Morgan fingerprint density at radius 1 is 1.22 bits per heavy atom. The van der Waals surface area contributed by atoms with Gasteiger partial charge in [0.05, 0.1) is 24.8 Å². The first-order chi connectivity index (χ1) is 12.7. The molecule has 1 aliphatic heterocycles. The number of rotatable bonds is 6. The molecule has 2 amide bonds. The van der Waals surface area contributed by atoms with Crippen LogP contribution < -0.4 is 26.6 Å². The van der Waals surface area contributed by atoms with Gasteiger partial charge in [-0.3, -0.25) is 16.0 Å². The number of urea groups is 1. The van der Waals surface area contributed by atoms with E-state index in [2.05, 4.69) is 26.6 Å². The van der Waals surface area contributed by atoms with Crippen LogP contribution in [-0.2, 0) is 0 Å². The molecule has 1 aliphatic carbocycles. The second kappa shape index (κ2) is 9.87. The molecule has 27 heavy (non-hydrogen) atoms. The van der Waals surface area contributed by atoms with Crippen LogP contribution in [-0.4, -0.2) is 66.2 Å². The second-order valence-electron chi connectivity index (χ2n) is 7.42. The first-order valence-electron chi connectivity index (χ1n) is 9.35. The number of carbonyl (C=O) groups is 1. The molecule has 0 spiro atoms. The van der Waals surface area contributed by atoms with Crippen molar-refractivity contribution in [2.24, 2.45) is 5.92 Å². The average Bonchev–Trinajstić information content (AvgIpc) is 2.58. The van der Waals surface area contributed by atoms with Crippen LogP contribution in [0.2, 0.25) is 0 Å². The molecule has 0 aromatic carbocycles. The number of aliphatic hydroxyl groups is 2. The Morgan fingerprint density at radius 2 is 1.96 bits per heavy atom. The number of hydrogen-bond donors (Lipinski definition) is 7. The fourth-order valence-electron chi connectivity index (χ4n) is 3.57. The van der Waals surface area contributed by atoms with E-state index in [4.69, 9.17) is 5.11 Å². The Balaban J connectivity index is 1.78. The summed E-state index contributed by atoms with van der Waals surface area (Å²) in [7, 11) is 0. The highest BCUT2D eigenvalue weighted by atomic mass is 19.4. The average molecular weight is 397 g/mol. The predicted molar refractivity (Wildman–Crippen MR) is 92.5 cm³/mol. The van der Waals surface area contributed by atoms with E-state index in [1.807, 2.05) is 6.92 Å². The Labute approximate surface area is 156 Å². The van der Waals surface area contributed by atoms with Gasteiger partial charge in [0.15, 0.2) is 0 Å². The van der Waals surface area contributed by atoms with Gasteiger partial charge in [-0.25, -0.2) is 4.79 Å². The summed E-state index contributed by atoms with van der Waals surface area (Å²) < 4.78 is 38.6. The van der Waals surface area contributed by atoms with Gasteiger partial charge >= 0.3 is 12.2 Å². The molecule has 8 nitrogen and oxygen atoms in total. The first-order valence-corrected chi connectivity index (χ1v) is 9.35. The van der Waals surface area contributed by atoms with E-state index < -0.39 is 36.6 Å². The number of halogens is 3. The van der Waals surface area contributed by atoms with Crippen molar-refractivity contribution >= 4 is 6.03 Å². The summed E-state index contributed by atoms with van der Waals surface area (Å²) in [6.07, 6.45) is -4.20. The van der Waals surface area contributed by atoms with Crippen molar-refractivity contribution in [3.05, 3.63) is 0 Å². The Hall–Kier alpha value is -1.14. The second-order valence-corrected chi connectivity index (χ2v) is 7.42. The molecule has 0 radical (unpaired) electrons. The van der Waals surface area contributed by atoms with Gasteiger partial charge in [0, 0.05) is 18.6 Å². The van der Waals surface area contributed by atoms with Crippen molar-refractivity contribution in [1.29, 1.82) is 0 Å². The molecule has 0 aromatic rings. The van der Waals surface area contributed by atoms with Gasteiger partial charge in [-0.15, -0.1) is 0 Å². The van der Waals surface area contributed by atoms with Gasteiger partial charge in [0.25, 0.3) is 0 Å². The van der Waals surface area contributed by atoms with Gasteiger partial charge in [-0.1, -0.05) is 6.42 Å². The molecule has 0 aromatic heterocycles. The summed E-state index contributed by atoms with van der Waals surface area (Å²) in [6.45, 7) is 1.78. The molecular weight excluding hydrogens is 367 g/mol. The molecule has 2 fully saturated rings. The van der Waals surface area contributed by atoms with Crippen molar-refractivity contribution in [2.45, 2.75) is 75.8 Å². The fourth-order valence-corrected chi connectivity index (χ4v) is 3.57. The van der Waals surface area contributed by atoms with Crippen molar-refractivity contribution in [3.8, 4) is 0 Å². The highest BCUT2D eigenvalue weighted by Gasteiger charge is 2.42. The minimum absolute atomic E-state index is 0.0598. The largest absolute Gasteiger partial charge is 0.394 e. The van der Waals surface area contributed by atoms with Crippen LogP contribution >= 0.6 is 0 Å². The molecule has 11 heteroatoms. The third-order valence-corrected chi connectivity index (χ3v) is 4.97. The molecule has 2 rings (SSSR count). The van der Waals surface area contributed by atoms with Crippen LogP contribution in [0.15, 0.2) is 0 Å². The molecule has 6 atom stereocenters. The molecule has 158 valence electrons. The van der Waals surface area contributed by atoms with Crippen molar-refractivity contribution in [1.82, 2.24) is 26.6 Å². The lowest BCUT2D eigenvalue weighted by atomic mass is 9.85. The normalized spacial score (nSPS) is 33.3.